The van der Waals surface area contributed by atoms with Crippen LogP contribution in [-0.2, 0) is 10.5 Å². The number of amides is 1. The highest BCUT2D eigenvalue weighted by Crippen LogP contribution is 2.47. The monoisotopic (exact) mass is 613 g/mol. The number of hydrogen-bond donors (Lipinski definition) is 2. The molecule has 2 aromatic heterocycles. The molecule has 0 aliphatic carbocycles. The number of rotatable bonds is 8. The molecule has 0 saturated carbocycles. The Morgan fingerprint density at radius 2 is 1.97 bits per heavy atom. The van der Waals surface area contributed by atoms with E-state index in [9.17, 15) is 19.8 Å². The third-order valence-corrected chi connectivity index (χ3v) is 8.60. The lowest BCUT2D eigenvalue weighted by Gasteiger charge is -2.24. The number of phenols is 1. The van der Waals surface area contributed by atoms with Crippen LogP contribution in [-0.4, -0.2) is 39.2 Å². The normalized spacial score (nSPS) is 15.4. The Bertz CT molecular complexity index is 1550. The van der Waals surface area contributed by atoms with Gasteiger partial charge in [-0.15, -0.1) is 10.2 Å². The Labute approximate surface area is 233 Å². The summed E-state index contributed by atoms with van der Waals surface area (Å²) in [4.78, 5) is 28.0. The highest BCUT2D eigenvalue weighted by molar-refractivity contribution is 9.10. The Hall–Kier alpha value is -3.61. The largest absolute Gasteiger partial charge is 0.503 e. The minimum Gasteiger partial charge on any atom is -0.503 e. The molecule has 2 aromatic carbocycles. The van der Waals surface area contributed by atoms with E-state index in [4.69, 9.17) is 9.15 Å². The maximum Gasteiger partial charge on any atom is 0.296 e. The molecule has 0 fully saturated rings. The van der Waals surface area contributed by atoms with Crippen LogP contribution in [0, 0.1) is 6.92 Å². The molecule has 194 valence electrons. The van der Waals surface area contributed by atoms with E-state index in [0.717, 1.165) is 5.56 Å². The zero-order valence-electron chi connectivity index (χ0n) is 20.0. The topological polar surface area (TPSA) is 126 Å². The van der Waals surface area contributed by atoms with Crippen LogP contribution in [0.1, 0.15) is 33.3 Å². The average molecular weight is 614 g/mol. The van der Waals surface area contributed by atoms with E-state index in [1.165, 1.54) is 65.1 Å². The summed E-state index contributed by atoms with van der Waals surface area (Å²) in [5, 5.41) is 29.9. The first-order chi connectivity index (χ1) is 18.3. The summed E-state index contributed by atoms with van der Waals surface area (Å²) in [6.45, 7) is 2.02. The molecule has 0 bridgehead atoms. The number of aromatic hydroxyl groups is 1. The van der Waals surface area contributed by atoms with Gasteiger partial charge in [-0.25, -0.2) is 0 Å². The second-order valence-electron chi connectivity index (χ2n) is 8.32. The highest BCUT2D eigenvalue weighted by atomic mass is 79.9. The SMILES string of the molecule is COc1cc(C2C(C(=O)c3ccco3)=C(O)C(=O)N2c2nnc(SCc3ccc(C)cc3)s2)cc(Br)c1O. The number of aliphatic hydroxyl groups excluding tert-OH is 1. The summed E-state index contributed by atoms with van der Waals surface area (Å²) in [6.07, 6.45) is 1.33. The van der Waals surface area contributed by atoms with Gasteiger partial charge in [0.25, 0.3) is 5.91 Å². The van der Waals surface area contributed by atoms with Crippen molar-refractivity contribution >= 4 is 55.9 Å². The van der Waals surface area contributed by atoms with E-state index in [1.54, 1.807) is 6.07 Å². The summed E-state index contributed by atoms with van der Waals surface area (Å²) in [6, 6.07) is 13.1. The number of phenolic OH excluding ortho intramolecular Hbond substituents is 1. The molecule has 5 rings (SSSR count). The number of ketones is 1. The van der Waals surface area contributed by atoms with Crippen LogP contribution in [0.15, 0.2) is 79.4 Å². The summed E-state index contributed by atoms with van der Waals surface area (Å²) in [5.74, 6) is -1.60. The molecule has 4 aromatic rings. The van der Waals surface area contributed by atoms with Crippen molar-refractivity contribution in [1.29, 1.82) is 0 Å². The van der Waals surface area contributed by atoms with Crippen molar-refractivity contribution in [3.05, 3.63) is 93.0 Å². The summed E-state index contributed by atoms with van der Waals surface area (Å²) in [5.41, 5.74) is 2.48. The Balaban J connectivity index is 1.54. The number of thioether (sulfide) groups is 1. The molecule has 1 atom stereocenters. The van der Waals surface area contributed by atoms with Crippen molar-refractivity contribution in [2.45, 2.75) is 23.1 Å². The van der Waals surface area contributed by atoms with Crippen molar-refractivity contribution < 1.29 is 29.0 Å². The molecule has 12 heteroatoms. The van der Waals surface area contributed by atoms with Gasteiger partial charge in [0.05, 0.1) is 29.5 Å². The zero-order chi connectivity index (χ0) is 27.0. The van der Waals surface area contributed by atoms with E-state index in [-0.39, 0.29) is 32.4 Å². The Kier molecular flexibility index (Phi) is 7.28. The number of nitrogens with zero attached hydrogens (tertiary/aromatic N) is 3. The smallest absolute Gasteiger partial charge is 0.296 e. The molecule has 1 aliphatic rings. The number of carbonyl (C=O) groups is 2. The third kappa shape index (κ3) is 4.82. The fourth-order valence-electron chi connectivity index (χ4n) is 3.99. The van der Waals surface area contributed by atoms with Gasteiger partial charge in [-0.05, 0) is 58.2 Å². The van der Waals surface area contributed by atoms with Crippen molar-refractivity contribution in [3.8, 4) is 11.5 Å². The standard InChI is InChI=1S/C26H20BrN3O6S2/c1-13-5-7-14(8-6-13)12-37-26-29-28-25(38-26)30-20(15-10-16(27)21(31)18(11-15)35-2)19(23(33)24(30)34)22(32)17-4-3-9-36-17/h3-11,20,31,33H,12H2,1-2H3. The molecule has 1 unspecified atom stereocenters. The maximum absolute atomic E-state index is 13.4. The number of carbonyl (C=O) groups excluding carboxylic acids is 2. The number of halogens is 1. The molecule has 2 N–H and O–H groups in total. The molecule has 3 heterocycles. The van der Waals surface area contributed by atoms with Gasteiger partial charge in [0.15, 0.2) is 27.4 Å². The Morgan fingerprint density at radius 3 is 2.66 bits per heavy atom. The predicted octanol–water partition coefficient (Wildman–Crippen LogP) is 5.99. The number of aliphatic hydroxyl groups is 1. The molecule has 38 heavy (non-hydrogen) atoms. The summed E-state index contributed by atoms with van der Waals surface area (Å²) >= 11 is 5.92. The first-order valence-electron chi connectivity index (χ1n) is 11.2. The first-order valence-corrected chi connectivity index (χ1v) is 13.8. The van der Waals surface area contributed by atoms with Gasteiger partial charge in [-0.1, -0.05) is 52.9 Å². The lowest BCUT2D eigenvalue weighted by molar-refractivity contribution is -0.117. The molecule has 1 amide bonds. The van der Waals surface area contributed by atoms with Gasteiger partial charge in [0.1, 0.15) is 0 Å². The predicted molar refractivity (Wildman–Crippen MR) is 146 cm³/mol. The number of hydrogen-bond acceptors (Lipinski definition) is 10. The van der Waals surface area contributed by atoms with E-state index < -0.39 is 23.5 Å². The quantitative estimate of drug-likeness (QED) is 0.140. The molecular weight excluding hydrogens is 594 g/mol. The van der Waals surface area contributed by atoms with Gasteiger partial charge in [-0.3, -0.25) is 14.5 Å². The maximum atomic E-state index is 13.4. The fraction of sp³-hybridized carbons (Fsp3) is 0.154. The average Bonchev–Trinajstić information content (AvgIpc) is 3.66. The molecule has 9 nitrogen and oxygen atoms in total. The van der Waals surface area contributed by atoms with Crippen molar-refractivity contribution in [1.82, 2.24) is 10.2 Å². The minimum atomic E-state index is -1.09. The van der Waals surface area contributed by atoms with E-state index in [2.05, 4.69) is 26.1 Å². The van der Waals surface area contributed by atoms with E-state index in [1.807, 2.05) is 31.2 Å². The van der Waals surface area contributed by atoms with Gasteiger partial charge >= 0.3 is 0 Å². The number of methoxy groups -OCH3 is 1. The van der Waals surface area contributed by atoms with Crippen molar-refractivity contribution in [2.75, 3.05) is 12.0 Å². The molecule has 0 radical (unpaired) electrons. The van der Waals surface area contributed by atoms with Crippen LogP contribution in [0.25, 0.3) is 0 Å². The molecular formula is C26H20BrN3O6S2. The zero-order valence-corrected chi connectivity index (χ0v) is 23.3. The number of aryl methyl sites for hydroxylation is 1. The Morgan fingerprint density at radius 1 is 1.21 bits per heavy atom. The lowest BCUT2D eigenvalue weighted by atomic mass is 9.95. The van der Waals surface area contributed by atoms with Crippen LogP contribution >= 0.6 is 39.0 Å². The second-order valence-corrected chi connectivity index (χ2v) is 11.4. The number of aromatic nitrogens is 2. The fourth-order valence-corrected chi connectivity index (χ4v) is 6.27. The van der Waals surface area contributed by atoms with Gasteiger partial charge in [0.2, 0.25) is 10.9 Å². The van der Waals surface area contributed by atoms with E-state index in [0.29, 0.717) is 15.7 Å². The number of anilines is 1. The second kappa shape index (κ2) is 10.6. The molecule has 1 aliphatic heterocycles. The number of benzene rings is 2. The highest BCUT2D eigenvalue weighted by Gasteiger charge is 2.47. The van der Waals surface area contributed by atoms with Crippen LogP contribution in [0.2, 0.25) is 0 Å². The van der Waals surface area contributed by atoms with Crippen LogP contribution < -0.4 is 9.64 Å². The van der Waals surface area contributed by atoms with Crippen molar-refractivity contribution in [2.24, 2.45) is 0 Å². The number of Topliss-reactive ketones (excluding diaryl/α,β-unsaturated/α-hetero) is 1. The first kappa shape index (κ1) is 26.0. The number of ether oxygens (including phenoxy) is 1. The molecule has 0 saturated heterocycles. The molecule has 0 spiro atoms. The third-order valence-electron chi connectivity index (χ3n) is 5.87. The summed E-state index contributed by atoms with van der Waals surface area (Å²) < 4.78 is 11.4. The van der Waals surface area contributed by atoms with Crippen LogP contribution in [0.3, 0.4) is 0 Å². The summed E-state index contributed by atoms with van der Waals surface area (Å²) in [7, 11) is 1.38. The van der Waals surface area contributed by atoms with E-state index >= 15 is 0 Å². The van der Waals surface area contributed by atoms with Crippen LogP contribution in [0.5, 0.6) is 11.5 Å². The lowest BCUT2D eigenvalue weighted by Crippen LogP contribution is -2.31. The van der Waals surface area contributed by atoms with Gasteiger partial charge in [0, 0.05) is 5.75 Å². The van der Waals surface area contributed by atoms with Crippen LogP contribution in [0.4, 0.5) is 5.13 Å². The van der Waals surface area contributed by atoms with Crippen molar-refractivity contribution in [3.63, 3.8) is 0 Å². The minimum absolute atomic E-state index is 0.0392. The number of furan rings is 1. The van der Waals surface area contributed by atoms with Gasteiger partial charge in [-0.2, -0.15) is 0 Å². The van der Waals surface area contributed by atoms with Gasteiger partial charge < -0.3 is 19.4 Å².